The molecule has 1 saturated carbocycles. The summed E-state index contributed by atoms with van der Waals surface area (Å²) in [4.78, 5) is 24.9. The molecule has 0 spiro atoms. The monoisotopic (exact) mass is 289 g/mol. The highest BCUT2D eigenvalue weighted by Crippen LogP contribution is 2.53. The number of nitrogens with zero attached hydrogens (tertiary/aromatic N) is 1. The van der Waals surface area contributed by atoms with Crippen LogP contribution in [0.3, 0.4) is 0 Å². The number of likely N-dealkylation sites (N-methyl/N-ethyl adjacent to an activating group) is 1. The first-order valence-corrected chi connectivity index (χ1v) is 7.23. The van der Waals surface area contributed by atoms with Crippen LogP contribution in [0.2, 0.25) is 0 Å². The summed E-state index contributed by atoms with van der Waals surface area (Å²) in [6, 6.07) is 9.92. The SMILES string of the molecule is CN(C[C@]1(c2ccccc2)C[C@H]1C=O)C(=O)OC(C)(C)C. The second kappa shape index (κ2) is 5.51. The summed E-state index contributed by atoms with van der Waals surface area (Å²) in [6.45, 7) is 6.03. The molecule has 0 radical (unpaired) electrons. The van der Waals surface area contributed by atoms with Gasteiger partial charge in [-0.3, -0.25) is 0 Å². The molecule has 2 rings (SSSR count). The van der Waals surface area contributed by atoms with Gasteiger partial charge in [0.2, 0.25) is 0 Å². The van der Waals surface area contributed by atoms with Crippen LogP contribution in [0.4, 0.5) is 4.79 Å². The predicted molar refractivity (Wildman–Crippen MR) is 81.2 cm³/mol. The first-order chi connectivity index (χ1) is 9.78. The maximum Gasteiger partial charge on any atom is 0.410 e. The summed E-state index contributed by atoms with van der Waals surface area (Å²) in [5, 5.41) is 0. The fourth-order valence-corrected chi connectivity index (χ4v) is 2.71. The van der Waals surface area contributed by atoms with Gasteiger partial charge in [0, 0.05) is 24.9 Å². The molecule has 1 aliphatic rings. The van der Waals surface area contributed by atoms with Crippen molar-refractivity contribution in [2.75, 3.05) is 13.6 Å². The van der Waals surface area contributed by atoms with Crippen LogP contribution in [0.25, 0.3) is 0 Å². The number of ether oxygens (including phenoxy) is 1. The normalized spacial score (nSPS) is 24.3. The average Bonchev–Trinajstić information content (AvgIpc) is 3.12. The summed E-state index contributed by atoms with van der Waals surface area (Å²) in [7, 11) is 1.72. The number of aldehydes is 1. The topological polar surface area (TPSA) is 46.6 Å². The molecule has 0 aliphatic heterocycles. The zero-order valence-corrected chi connectivity index (χ0v) is 13.1. The van der Waals surface area contributed by atoms with Crippen LogP contribution in [-0.4, -0.2) is 36.5 Å². The van der Waals surface area contributed by atoms with E-state index in [9.17, 15) is 9.59 Å². The number of hydrogen-bond donors (Lipinski definition) is 0. The molecule has 2 atom stereocenters. The van der Waals surface area contributed by atoms with Gasteiger partial charge in [0.15, 0.2) is 0 Å². The Kier molecular flexibility index (Phi) is 4.08. The number of hydrogen-bond acceptors (Lipinski definition) is 3. The number of rotatable bonds is 4. The third-order valence-corrected chi connectivity index (χ3v) is 3.87. The highest BCUT2D eigenvalue weighted by Gasteiger charge is 2.56. The van der Waals surface area contributed by atoms with E-state index in [1.54, 1.807) is 11.9 Å². The fraction of sp³-hybridized carbons (Fsp3) is 0.529. The number of amides is 1. The van der Waals surface area contributed by atoms with E-state index in [0.717, 1.165) is 18.3 Å². The Hall–Kier alpha value is -1.84. The highest BCUT2D eigenvalue weighted by molar-refractivity contribution is 5.70. The van der Waals surface area contributed by atoms with E-state index in [1.165, 1.54) is 0 Å². The number of carbonyl (C=O) groups excluding carboxylic acids is 2. The predicted octanol–water partition coefficient (Wildman–Crippen LogP) is 3.01. The van der Waals surface area contributed by atoms with Crippen molar-refractivity contribution in [3.05, 3.63) is 35.9 Å². The van der Waals surface area contributed by atoms with Crippen molar-refractivity contribution < 1.29 is 14.3 Å². The zero-order chi connectivity index (χ0) is 15.7. The van der Waals surface area contributed by atoms with Crippen molar-refractivity contribution in [2.45, 2.75) is 38.2 Å². The molecule has 1 fully saturated rings. The molecular weight excluding hydrogens is 266 g/mol. The van der Waals surface area contributed by atoms with Gasteiger partial charge < -0.3 is 14.4 Å². The fourth-order valence-electron chi connectivity index (χ4n) is 2.71. The molecule has 0 aromatic heterocycles. The molecule has 21 heavy (non-hydrogen) atoms. The van der Waals surface area contributed by atoms with Crippen LogP contribution < -0.4 is 0 Å². The Morgan fingerprint density at radius 3 is 2.48 bits per heavy atom. The van der Waals surface area contributed by atoms with E-state index >= 15 is 0 Å². The van der Waals surface area contributed by atoms with Gasteiger partial charge in [0.25, 0.3) is 0 Å². The van der Waals surface area contributed by atoms with Crippen molar-refractivity contribution in [3.8, 4) is 0 Å². The first-order valence-electron chi connectivity index (χ1n) is 7.23. The van der Waals surface area contributed by atoms with Crippen LogP contribution in [0.1, 0.15) is 32.8 Å². The lowest BCUT2D eigenvalue weighted by atomic mass is 9.93. The van der Waals surface area contributed by atoms with E-state index in [-0.39, 0.29) is 17.4 Å². The van der Waals surface area contributed by atoms with Gasteiger partial charge in [-0.1, -0.05) is 30.3 Å². The van der Waals surface area contributed by atoms with Gasteiger partial charge in [0.05, 0.1) is 0 Å². The zero-order valence-electron chi connectivity index (χ0n) is 13.1. The Morgan fingerprint density at radius 1 is 1.38 bits per heavy atom. The van der Waals surface area contributed by atoms with Gasteiger partial charge in [-0.05, 0) is 32.8 Å². The Morgan fingerprint density at radius 2 is 2.00 bits per heavy atom. The Labute approximate surface area is 126 Å². The molecule has 114 valence electrons. The van der Waals surface area contributed by atoms with Crippen molar-refractivity contribution in [1.82, 2.24) is 4.90 Å². The van der Waals surface area contributed by atoms with Crippen molar-refractivity contribution in [2.24, 2.45) is 5.92 Å². The van der Waals surface area contributed by atoms with Crippen LogP contribution in [0, 0.1) is 5.92 Å². The molecule has 4 nitrogen and oxygen atoms in total. The maximum atomic E-state index is 12.1. The summed E-state index contributed by atoms with van der Waals surface area (Å²) >= 11 is 0. The van der Waals surface area contributed by atoms with E-state index in [1.807, 2.05) is 51.1 Å². The molecule has 1 aromatic carbocycles. The second-order valence-corrected chi connectivity index (χ2v) is 6.81. The third kappa shape index (κ3) is 3.43. The van der Waals surface area contributed by atoms with Crippen LogP contribution in [0.5, 0.6) is 0 Å². The lowest BCUT2D eigenvalue weighted by molar-refractivity contribution is -0.109. The Bertz CT molecular complexity index is 521. The molecule has 0 unspecified atom stereocenters. The standard InChI is InChI=1S/C17H23NO3/c1-16(2,3)21-15(20)18(4)12-17(10-14(17)11-19)13-8-6-5-7-9-13/h5-9,11,14H,10,12H2,1-4H3/t14-,17-/m0/s1. The first kappa shape index (κ1) is 15.5. The summed E-state index contributed by atoms with van der Waals surface area (Å²) in [6.07, 6.45) is 1.43. The van der Waals surface area contributed by atoms with E-state index < -0.39 is 5.60 Å². The molecule has 1 aliphatic carbocycles. The van der Waals surface area contributed by atoms with Gasteiger partial charge in [-0.15, -0.1) is 0 Å². The number of benzene rings is 1. The van der Waals surface area contributed by atoms with E-state index in [2.05, 4.69) is 0 Å². The maximum absolute atomic E-state index is 12.1. The van der Waals surface area contributed by atoms with E-state index in [4.69, 9.17) is 4.74 Å². The molecular formula is C17H23NO3. The smallest absolute Gasteiger partial charge is 0.410 e. The van der Waals surface area contributed by atoms with Crippen molar-refractivity contribution in [1.29, 1.82) is 0 Å². The summed E-state index contributed by atoms with van der Waals surface area (Å²) in [5.74, 6) is -0.0233. The molecule has 0 N–H and O–H groups in total. The van der Waals surface area contributed by atoms with Gasteiger partial charge in [-0.2, -0.15) is 0 Å². The molecule has 0 bridgehead atoms. The highest BCUT2D eigenvalue weighted by atomic mass is 16.6. The van der Waals surface area contributed by atoms with Crippen molar-refractivity contribution >= 4 is 12.4 Å². The summed E-state index contributed by atoms with van der Waals surface area (Å²) in [5.41, 5.74) is 0.338. The van der Waals surface area contributed by atoms with Gasteiger partial charge in [-0.25, -0.2) is 4.79 Å². The van der Waals surface area contributed by atoms with E-state index in [0.29, 0.717) is 6.54 Å². The average molecular weight is 289 g/mol. The quantitative estimate of drug-likeness (QED) is 0.800. The van der Waals surface area contributed by atoms with Gasteiger partial charge >= 0.3 is 6.09 Å². The lowest BCUT2D eigenvalue weighted by Gasteiger charge is -2.28. The van der Waals surface area contributed by atoms with Crippen LogP contribution in [-0.2, 0) is 14.9 Å². The minimum absolute atomic E-state index is 0.0233. The third-order valence-electron chi connectivity index (χ3n) is 3.87. The Balaban J connectivity index is 2.12. The molecule has 1 amide bonds. The van der Waals surface area contributed by atoms with Crippen molar-refractivity contribution in [3.63, 3.8) is 0 Å². The minimum atomic E-state index is -0.515. The number of carbonyl (C=O) groups is 2. The molecule has 0 saturated heterocycles. The second-order valence-electron chi connectivity index (χ2n) is 6.81. The van der Waals surface area contributed by atoms with Crippen LogP contribution >= 0.6 is 0 Å². The lowest BCUT2D eigenvalue weighted by Crippen LogP contribution is -2.39. The largest absolute Gasteiger partial charge is 0.444 e. The molecule has 4 heteroatoms. The molecule has 1 aromatic rings. The summed E-state index contributed by atoms with van der Waals surface area (Å²) < 4.78 is 5.38. The van der Waals surface area contributed by atoms with Gasteiger partial charge in [0.1, 0.15) is 11.9 Å². The molecule has 0 heterocycles. The van der Waals surface area contributed by atoms with Crippen LogP contribution in [0.15, 0.2) is 30.3 Å². The minimum Gasteiger partial charge on any atom is -0.444 e.